The van der Waals surface area contributed by atoms with Crippen LogP contribution in [0.5, 0.6) is 0 Å². The SMILES string of the molecule is CC(C)c1ccc(C(=O)NC(=S)Nc2cc(C(=O)O)ccc2Br)cc1. The van der Waals surface area contributed by atoms with Gasteiger partial charge in [0.15, 0.2) is 5.11 Å². The van der Waals surface area contributed by atoms with Crippen LogP contribution in [0.1, 0.15) is 46.0 Å². The molecule has 0 saturated carbocycles. The van der Waals surface area contributed by atoms with Crippen molar-refractivity contribution >= 4 is 50.8 Å². The standard InChI is InChI=1S/C18H17BrN2O3S/c1-10(2)11-3-5-12(6-4-11)16(22)21-18(25)20-15-9-13(17(23)24)7-8-14(15)19/h3-10H,1-2H3,(H,23,24)(H2,20,21,22,25). The van der Waals surface area contributed by atoms with Gasteiger partial charge in [0.1, 0.15) is 0 Å². The second-order valence-electron chi connectivity index (χ2n) is 5.68. The minimum absolute atomic E-state index is 0.0844. The van der Waals surface area contributed by atoms with E-state index in [1.165, 1.54) is 12.1 Å². The van der Waals surface area contributed by atoms with Gasteiger partial charge >= 0.3 is 5.97 Å². The van der Waals surface area contributed by atoms with Crippen molar-refractivity contribution in [2.45, 2.75) is 19.8 Å². The zero-order valence-electron chi connectivity index (χ0n) is 13.7. The number of carbonyl (C=O) groups is 2. The van der Waals surface area contributed by atoms with E-state index in [-0.39, 0.29) is 16.6 Å². The molecule has 2 rings (SSSR count). The van der Waals surface area contributed by atoms with Crippen LogP contribution in [0.4, 0.5) is 5.69 Å². The maximum Gasteiger partial charge on any atom is 0.335 e. The van der Waals surface area contributed by atoms with Crippen LogP contribution < -0.4 is 10.6 Å². The molecule has 2 aromatic rings. The first-order valence-corrected chi connectivity index (χ1v) is 8.73. The molecule has 0 atom stereocenters. The van der Waals surface area contributed by atoms with Crippen molar-refractivity contribution in [1.29, 1.82) is 0 Å². The summed E-state index contributed by atoms with van der Waals surface area (Å²) in [5, 5.41) is 14.5. The first-order chi connectivity index (χ1) is 11.8. The molecule has 0 aliphatic rings. The summed E-state index contributed by atoms with van der Waals surface area (Å²) in [6, 6.07) is 11.8. The lowest BCUT2D eigenvalue weighted by Crippen LogP contribution is -2.34. The average Bonchev–Trinajstić information content (AvgIpc) is 2.56. The van der Waals surface area contributed by atoms with E-state index in [1.807, 2.05) is 12.1 Å². The Balaban J connectivity index is 2.06. The molecule has 0 spiro atoms. The third-order valence-electron chi connectivity index (χ3n) is 3.53. The third kappa shape index (κ3) is 5.11. The molecular formula is C18H17BrN2O3S. The maximum absolute atomic E-state index is 12.2. The van der Waals surface area contributed by atoms with Crippen molar-refractivity contribution in [3.63, 3.8) is 0 Å². The highest BCUT2D eigenvalue weighted by Crippen LogP contribution is 2.23. The van der Waals surface area contributed by atoms with Crippen LogP contribution in [0.15, 0.2) is 46.9 Å². The van der Waals surface area contributed by atoms with E-state index in [0.29, 0.717) is 21.6 Å². The number of aromatic carboxylic acids is 1. The van der Waals surface area contributed by atoms with Crippen molar-refractivity contribution in [2.24, 2.45) is 0 Å². The van der Waals surface area contributed by atoms with Gasteiger partial charge < -0.3 is 10.4 Å². The first kappa shape index (κ1) is 19.1. The van der Waals surface area contributed by atoms with Gasteiger partial charge in [-0.3, -0.25) is 10.1 Å². The van der Waals surface area contributed by atoms with Crippen molar-refractivity contribution in [3.05, 3.63) is 63.6 Å². The summed E-state index contributed by atoms with van der Waals surface area (Å²) in [6.07, 6.45) is 0. The fraction of sp³-hybridized carbons (Fsp3) is 0.167. The van der Waals surface area contributed by atoms with Gasteiger partial charge in [-0.2, -0.15) is 0 Å². The number of thiocarbonyl (C=S) groups is 1. The Kier molecular flexibility index (Phi) is 6.27. The summed E-state index contributed by atoms with van der Waals surface area (Å²) < 4.78 is 0.635. The summed E-state index contributed by atoms with van der Waals surface area (Å²) in [5.41, 5.74) is 2.21. The lowest BCUT2D eigenvalue weighted by Gasteiger charge is -2.12. The fourth-order valence-corrected chi connectivity index (χ4v) is 2.65. The summed E-state index contributed by atoms with van der Waals surface area (Å²) in [6.45, 7) is 4.16. The predicted molar refractivity (Wildman–Crippen MR) is 105 cm³/mol. The molecule has 0 bridgehead atoms. The van der Waals surface area contributed by atoms with Crippen LogP contribution in [0, 0.1) is 0 Å². The molecular weight excluding hydrogens is 404 g/mol. The number of amides is 1. The summed E-state index contributed by atoms with van der Waals surface area (Å²) in [5.74, 6) is -0.993. The number of carbonyl (C=O) groups excluding carboxylic acids is 1. The molecule has 7 heteroatoms. The molecule has 25 heavy (non-hydrogen) atoms. The lowest BCUT2D eigenvalue weighted by atomic mass is 10.0. The molecule has 0 radical (unpaired) electrons. The smallest absolute Gasteiger partial charge is 0.335 e. The summed E-state index contributed by atoms with van der Waals surface area (Å²) >= 11 is 8.45. The Labute approximate surface area is 159 Å². The molecule has 0 unspecified atom stereocenters. The topological polar surface area (TPSA) is 78.4 Å². The molecule has 0 aliphatic carbocycles. The van der Waals surface area contributed by atoms with E-state index < -0.39 is 5.97 Å². The van der Waals surface area contributed by atoms with Crippen LogP contribution in [-0.4, -0.2) is 22.1 Å². The second kappa shape index (κ2) is 8.22. The van der Waals surface area contributed by atoms with Crippen molar-refractivity contribution in [1.82, 2.24) is 5.32 Å². The Bertz CT molecular complexity index is 820. The monoisotopic (exact) mass is 420 g/mol. The minimum Gasteiger partial charge on any atom is -0.478 e. The number of nitrogens with one attached hydrogen (secondary N) is 2. The van der Waals surface area contributed by atoms with Gasteiger partial charge in [-0.25, -0.2) is 4.79 Å². The van der Waals surface area contributed by atoms with Gasteiger partial charge in [-0.05, 0) is 70.0 Å². The molecule has 0 heterocycles. The van der Waals surface area contributed by atoms with E-state index in [4.69, 9.17) is 17.3 Å². The molecule has 1 amide bonds. The normalized spacial score (nSPS) is 10.4. The molecule has 130 valence electrons. The van der Waals surface area contributed by atoms with E-state index in [2.05, 4.69) is 40.4 Å². The zero-order valence-corrected chi connectivity index (χ0v) is 16.1. The van der Waals surface area contributed by atoms with Gasteiger partial charge in [-0.15, -0.1) is 0 Å². The van der Waals surface area contributed by atoms with Crippen molar-refractivity contribution < 1.29 is 14.7 Å². The van der Waals surface area contributed by atoms with E-state index in [0.717, 1.165) is 5.56 Å². The number of carboxylic acid groups (broad SMARTS) is 1. The number of benzene rings is 2. The van der Waals surface area contributed by atoms with Crippen molar-refractivity contribution in [2.75, 3.05) is 5.32 Å². The van der Waals surface area contributed by atoms with Gasteiger partial charge in [0.05, 0.1) is 11.3 Å². The maximum atomic E-state index is 12.2. The van der Waals surface area contributed by atoms with Crippen LogP contribution in [0.25, 0.3) is 0 Å². The average molecular weight is 421 g/mol. The van der Waals surface area contributed by atoms with E-state index >= 15 is 0 Å². The number of anilines is 1. The van der Waals surface area contributed by atoms with Crippen LogP contribution in [0.3, 0.4) is 0 Å². The van der Waals surface area contributed by atoms with E-state index in [1.54, 1.807) is 18.2 Å². The third-order valence-corrected chi connectivity index (χ3v) is 4.42. The molecule has 3 N–H and O–H groups in total. The Hall–Kier alpha value is -2.25. The highest BCUT2D eigenvalue weighted by molar-refractivity contribution is 9.10. The van der Waals surface area contributed by atoms with Crippen LogP contribution >= 0.6 is 28.1 Å². The Morgan fingerprint density at radius 3 is 2.24 bits per heavy atom. The van der Waals surface area contributed by atoms with Crippen LogP contribution in [-0.2, 0) is 0 Å². The van der Waals surface area contributed by atoms with Gasteiger partial charge in [0, 0.05) is 10.0 Å². The molecule has 0 aromatic heterocycles. The van der Waals surface area contributed by atoms with Gasteiger partial charge in [0.2, 0.25) is 0 Å². The molecule has 0 aliphatic heterocycles. The Morgan fingerprint density at radius 1 is 1.08 bits per heavy atom. The number of rotatable bonds is 4. The quantitative estimate of drug-likeness (QED) is 0.638. The molecule has 2 aromatic carbocycles. The van der Waals surface area contributed by atoms with Gasteiger partial charge in [0.25, 0.3) is 5.91 Å². The number of hydrogen-bond donors (Lipinski definition) is 3. The number of hydrogen-bond acceptors (Lipinski definition) is 3. The first-order valence-electron chi connectivity index (χ1n) is 7.53. The van der Waals surface area contributed by atoms with Crippen molar-refractivity contribution in [3.8, 4) is 0 Å². The largest absolute Gasteiger partial charge is 0.478 e. The molecule has 5 nitrogen and oxygen atoms in total. The molecule has 0 saturated heterocycles. The van der Waals surface area contributed by atoms with Gasteiger partial charge in [-0.1, -0.05) is 26.0 Å². The Morgan fingerprint density at radius 2 is 1.68 bits per heavy atom. The zero-order chi connectivity index (χ0) is 18.6. The highest BCUT2D eigenvalue weighted by atomic mass is 79.9. The fourth-order valence-electron chi connectivity index (χ4n) is 2.10. The summed E-state index contributed by atoms with van der Waals surface area (Å²) in [7, 11) is 0. The second-order valence-corrected chi connectivity index (χ2v) is 6.95. The summed E-state index contributed by atoms with van der Waals surface area (Å²) in [4.78, 5) is 23.3. The minimum atomic E-state index is -1.05. The predicted octanol–water partition coefficient (Wildman–Crippen LogP) is 4.40. The molecule has 0 fully saturated rings. The highest BCUT2D eigenvalue weighted by Gasteiger charge is 2.11. The number of halogens is 1. The van der Waals surface area contributed by atoms with Crippen LogP contribution in [0.2, 0.25) is 0 Å². The lowest BCUT2D eigenvalue weighted by molar-refractivity contribution is 0.0696. The number of carboxylic acids is 1. The van der Waals surface area contributed by atoms with E-state index in [9.17, 15) is 9.59 Å².